The first kappa shape index (κ1) is 21.1. The maximum atomic E-state index is 13.6. The average Bonchev–Trinajstić information content (AvgIpc) is 3.07. The monoisotopic (exact) mass is 433 g/mol. The van der Waals surface area contributed by atoms with E-state index in [4.69, 9.17) is 0 Å². The highest BCUT2D eigenvalue weighted by atomic mass is 19.4. The first-order valence-corrected chi connectivity index (χ1v) is 8.02. The second-order valence-corrected chi connectivity index (χ2v) is 5.82. The number of anilines is 1. The third kappa shape index (κ3) is 4.88. The molecule has 0 saturated heterocycles. The summed E-state index contributed by atoms with van der Waals surface area (Å²) in [6.07, 6.45) is -9.35. The Labute approximate surface area is 163 Å². The predicted octanol–water partition coefficient (Wildman–Crippen LogP) is 5.18. The van der Waals surface area contributed by atoms with Crippen LogP contribution in [0.15, 0.2) is 54.7 Å². The van der Waals surface area contributed by atoms with Gasteiger partial charge < -0.3 is 10.1 Å². The molecule has 0 aliphatic heterocycles. The van der Waals surface area contributed by atoms with Crippen LogP contribution in [0.25, 0.3) is 5.69 Å². The van der Waals surface area contributed by atoms with Crippen molar-refractivity contribution in [3.63, 3.8) is 0 Å². The summed E-state index contributed by atoms with van der Waals surface area (Å²) in [5.74, 6) is -2.55. The molecule has 5 nitrogen and oxygen atoms in total. The minimum Gasteiger partial charge on any atom is -0.406 e. The Morgan fingerprint density at radius 3 is 2.23 bits per heavy atom. The van der Waals surface area contributed by atoms with Gasteiger partial charge in [0.2, 0.25) is 0 Å². The molecular formula is C18H10F7N3O2. The molecule has 0 atom stereocenters. The molecule has 3 aromatic rings. The molecule has 1 aromatic heterocycles. The number of hydrogen-bond donors (Lipinski definition) is 1. The Morgan fingerprint density at radius 1 is 1.00 bits per heavy atom. The molecule has 0 bridgehead atoms. The van der Waals surface area contributed by atoms with Crippen molar-refractivity contribution in [3.05, 3.63) is 71.8 Å². The number of ether oxygens (including phenoxy) is 1. The number of nitrogens with zero attached hydrogens (tertiary/aromatic N) is 2. The van der Waals surface area contributed by atoms with Crippen LogP contribution in [0.5, 0.6) is 5.75 Å². The SMILES string of the molecule is O=C(Nc1cccc(F)c1)c1cnn(-c2ccc(OC(F)(F)F)cc2)c1C(F)(F)F. The summed E-state index contributed by atoms with van der Waals surface area (Å²) >= 11 is 0. The van der Waals surface area contributed by atoms with Crippen molar-refractivity contribution < 1.29 is 40.3 Å². The molecule has 0 unspecified atom stereocenters. The van der Waals surface area contributed by atoms with Gasteiger partial charge >= 0.3 is 12.5 Å². The third-order valence-electron chi connectivity index (χ3n) is 3.68. The van der Waals surface area contributed by atoms with E-state index in [1.165, 1.54) is 12.1 Å². The first-order chi connectivity index (χ1) is 13.9. The molecule has 158 valence electrons. The van der Waals surface area contributed by atoms with Crippen LogP contribution in [0.1, 0.15) is 16.1 Å². The number of hydrogen-bond acceptors (Lipinski definition) is 3. The topological polar surface area (TPSA) is 56.2 Å². The number of alkyl halides is 6. The van der Waals surface area contributed by atoms with Crippen LogP contribution in [0.2, 0.25) is 0 Å². The fourth-order valence-electron chi connectivity index (χ4n) is 2.54. The van der Waals surface area contributed by atoms with E-state index in [1.54, 1.807) is 0 Å². The zero-order valence-corrected chi connectivity index (χ0v) is 14.6. The lowest BCUT2D eigenvalue weighted by molar-refractivity contribution is -0.274. The normalized spacial score (nSPS) is 12.0. The number of benzene rings is 2. The van der Waals surface area contributed by atoms with Crippen molar-refractivity contribution in [2.24, 2.45) is 0 Å². The van der Waals surface area contributed by atoms with Crippen molar-refractivity contribution in [3.8, 4) is 11.4 Å². The van der Waals surface area contributed by atoms with Crippen molar-refractivity contribution in [2.45, 2.75) is 12.5 Å². The van der Waals surface area contributed by atoms with E-state index in [2.05, 4.69) is 15.2 Å². The number of nitrogens with one attached hydrogen (secondary N) is 1. The van der Waals surface area contributed by atoms with Crippen molar-refractivity contribution >= 4 is 11.6 Å². The Bertz CT molecular complexity index is 1060. The highest BCUT2D eigenvalue weighted by molar-refractivity contribution is 6.05. The van der Waals surface area contributed by atoms with Crippen LogP contribution in [0.4, 0.5) is 36.4 Å². The van der Waals surface area contributed by atoms with Gasteiger partial charge in [-0.05, 0) is 42.5 Å². The number of carbonyl (C=O) groups excluding carboxylic acids is 1. The van der Waals surface area contributed by atoms with E-state index >= 15 is 0 Å². The minimum absolute atomic E-state index is 0.0745. The summed E-state index contributed by atoms with van der Waals surface area (Å²) in [5.41, 5.74) is -2.65. The van der Waals surface area contributed by atoms with E-state index in [0.29, 0.717) is 10.9 Å². The maximum Gasteiger partial charge on any atom is 0.573 e. The van der Waals surface area contributed by atoms with Crippen LogP contribution in [0, 0.1) is 5.82 Å². The lowest BCUT2D eigenvalue weighted by Crippen LogP contribution is -2.21. The highest BCUT2D eigenvalue weighted by Gasteiger charge is 2.40. The third-order valence-corrected chi connectivity index (χ3v) is 3.68. The second kappa shape index (κ2) is 7.69. The molecule has 0 saturated carbocycles. The predicted molar refractivity (Wildman–Crippen MR) is 89.6 cm³/mol. The Balaban J connectivity index is 1.95. The van der Waals surface area contributed by atoms with Gasteiger partial charge in [0.05, 0.1) is 17.4 Å². The Kier molecular flexibility index (Phi) is 5.42. The summed E-state index contributed by atoms with van der Waals surface area (Å²) in [7, 11) is 0. The van der Waals surface area contributed by atoms with Crippen LogP contribution < -0.4 is 10.1 Å². The van der Waals surface area contributed by atoms with Gasteiger partial charge in [-0.2, -0.15) is 18.3 Å². The van der Waals surface area contributed by atoms with Crippen LogP contribution in [0.3, 0.4) is 0 Å². The molecule has 0 radical (unpaired) electrons. The fourth-order valence-corrected chi connectivity index (χ4v) is 2.54. The Morgan fingerprint density at radius 2 is 1.67 bits per heavy atom. The van der Waals surface area contributed by atoms with Crippen LogP contribution in [-0.4, -0.2) is 22.1 Å². The number of carbonyl (C=O) groups is 1. The van der Waals surface area contributed by atoms with Gasteiger partial charge in [0.1, 0.15) is 11.6 Å². The van der Waals surface area contributed by atoms with Crippen molar-refractivity contribution in [1.82, 2.24) is 9.78 Å². The lowest BCUT2D eigenvalue weighted by Gasteiger charge is -2.14. The molecule has 3 rings (SSSR count). The summed E-state index contributed by atoms with van der Waals surface area (Å²) in [4.78, 5) is 12.3. The second-order valence-electron chi connectivity index (χ2n) is 5.82. The first-order valence-electron chi connectivity index (χ1n) is 8.02. The molecule has 0 aliphatic carbocycles. The minimum atomic E-state index is -5.04. The molecular weight excluding hydrogens is 423 g/mol. The van der Waals surface area contributed by atoms with Crippen LogP contribution >= 0.6 is 0 Å². The number of amides is 1. The van der Waals surface area contributed by atoms with E-state index in [9.17, 15) is 35.5 Å². The van der Waals surface area contributed by atoms with Gasteiger partial charge in [0.25, 0.3) is 5.91 Å². The largest absolute Gasteiger partial charge is 0.573 e. The molecule has 12 heteroatoms. The zero-order valence-electron chi connectivity index (χ0n) is 14.6. The Hall–Kier alpha value is -3.57. The molecule has 1 amide bonds. The fraction of sp³-hybridized carbons (Fsp3) is 0.111. The van der Waals surface area contributed by atoms with Gasteiger partial charge in [0.15, 0.2) is 5.69 Å². The highest BCUT2D eigenvalue weighted by Crippen LogP contribution is 2.34. The summed E-state index contributed by atoms with van der Waals surface area (Å²) in [6.45, 7) is 0. The quantitative estimate of drug-likeness (QED) is 0.577. The van der Waals surface area contributed by atoms with Crippen LogP contribution in [-0.2, 0) is 6.18 Å². The van der Waals surface area contributed by atoms with E-state index in [-0.39, 0.29) is 11.4 Å². The molecule has 0 fully saturated rings. The molecule has 0 aliphatic rings. The van der Waals surface area contributed by atoms with Gasteiger partial charge in [0, 0.05) is 5.69 Å². The summed E-state index contributed by atoms with van der Waals surface area (Å²) in [6, 6.07) is 7.96. The average molecular weight is 433 g/mol. The number of rotatable bonds is 4. The van der Waals surface area contributed by atoms with Crippen molar-refractivity contribution in [2.75, 3.05) is 5.32 Å². The zero-order chi connectivity index (χ0) is 22.1. The maximum absolute atomic E-state index is 13.6. The molecule has 1 N–H and O–H groups in total. The van der Waals surface area contributed by atoms with Gasteiger partial charge in [-0.1, -0.05) is 6.07 Å². The molecule has 2 aromatic carbocycles. The van der Waals surface area contributed by atoms with Gasteiger partial charge in [-0.3, -0.25) is 4.79 Å². The van der Waals surface area contributed by atoms with E-state index in [0.717, 1.165) is 36.4 Å². The lowest BCUT2D eigenvalue weighted by atomic mass is 10.2. The number of halogens is 7. The molecule has 1 heterocycles. The van der Waals surface area contributed by atoms with Gasteiger partial charge in [-0.15, -0.1) is 13.2 Å². The van der Waals surface area contributed by atoms with Gasteiger partial charge in [-0.25, -0.2) is 9.07 Å². The van der Waals surface area contributed by atoms with E-state index < -0.39 is 41.3 Å². The summed E-state index contributed by atoms with van der Waals surface area (Å²) < 4.78 is 94.8. The summed E-state index contributed by atoms with van der Waals surface area (Å²) in [5, 5.41) is 5.67. The van der Waals surface area contributed by atoms with Crippen molar-refractivity contribution in [1.29, 1.82) is 0 Å². The molecule has 30 heavy (non-hydrogen) atoms. The smallest absolute Gasteiger partial charge is 0.406 e. The standard InChI is InChI=1S/C18H10F7N3O2/c19-10-2-1-3-11(8-10)27-16(29)14-9-26-28(15(14)17(20,21)22)12-4-6-13(7-5-12)30-18(23,24)25/h1-9H,(H,27,29). The number of aromatic nitrogens is 2. The van der Waals surface area contributed by atoms with E-state index in [1.807, 2.05) is 0 Å². The molecule has 0 spiro atoms.